The van der Waals surface area contributed by atoms with Crippen molar-refractivity contribution in [3.8, 4) is 0 Å². The van der Waals surface area contributed by atoms with Crippen molar-refractivity contribution in [2.45, 2.75) is 57.7 Å². The van der Waals surface area contributed by atoms with Crippen LogP contribution in [0.15, 0.2) is 35.2 Å². The molecule has 1 unspecified atom stereocenters. The highest BCUT2D eigenvalue weighted by molar-refractivity contribution is 5.07. The van der Waals surface area contributed by atoms with Crippen LogP contribution in [0, 0.1) is 0 Å². The van der Waals surface area contributed by atoms with Gasteiger partial charge in [-0.1, -0.05) is 19.3 Å². The van der Waals surface area contributed by atoms with E-state index in [0.29, 0.717) is 6.04 Å². The average molecular weight is 287 g/mol. The first-order chi connectivity index (χ1) is 10.2. The Bertz CT molecular complexity index is 540. The van der Waals surface area contributed by atoms with E-state index < -0.39 is 0 Å². The molecule has 114 valence electrons. The van der Waals surface area contributed by atoms with Gasteiger partial charge < -0.3 is 4.42 Å². The van der Waals surface area contributed by atoms with Crippen LogP contribution in [0.3, 0.4) is 0 Å². The van der Waals surface area contributed by atoms with Gasteiger partial charge in [0.25, 0.3) is 0 Å². The van der Waals surface area contributed by atoms with Gasteiger partial charge in [0, 0.05) is 18.3 Å². The predicted octanol–water partition coefficient (Wildman–Crippen LogP) is 4.17. The maximum absolute atomic E-state index is 5.49. The summed E-state index contributed by atoms with van der Waals surface area (Å²) in [5, 5.41) is 4.58. The zero-order valence-electron chi connectivity index (χ0n) is 13.0. The van der Waals surface area contributed by atoms with Gasteiger partial charge in [-0.25, -0.2) is 0 Å². The SMILES string of the molecule is CC(c1ccco1)N(C)Cc1cnn(C2CCCCC2)c1. The van der Waals surface area contributed by atoms with Gasteiger partial charge in [0.05, 0.1) is 24.5 Å². The molecule has 0 amide bonds. The van der Waals surface area contributed by atoms with E-state index in [-0.39, 0.29) is 6.04 Å². The zero-order chi connectivity index (χ0) is 14.7. The normalized spacial score (nSPS) is 18.2. The van der Waals surface area contributed by atoms with Gasteiger partial charge in [-0.15, -0.1) is 0 Å². The third-order valence-corrected chi connectivity index (χ3v) is 4.65. The lowest BCUT2D eigenvalue weighted by Gasteiger charge is -2.23. The van der Waals surface area contributed by atoms with Crippen LogP contribution in [0.25, 0.3) is 0 Å². The number of hydrogen-bond donors (Lipinski definition) is 0. The third kappa shape index (κ3) is 3.38. The molecule has 0 aromatic carbocycles. The molecular weight excluding hydrogens is 262 g/mol. The van der Waals surface area contributed by atoms with Crippen LogP contribution in [0.4, 0.5) is 0 Å². The molecule has 1 aliphatic carbocycles. The Labute approximate surface area is 126 Å². The molecule has 1 aliphatic rings. The van der Waals surface area contributed by atoms with Gasteiger partial charge in [0.15, 0.2) is 0 Å². The smallest absolute Gasteiger partial charge is 0.120 e. The molecular formula is C17H25N3O. The van der Waals surface area contributed by atoms with Crippen LogP contribution < -0.4 is 0 Å². The van der Waals surface area contributed by atoms with Gasteiger partial charge >= 0.3 is 0 Å². The van der Waals surface area contributed by atoms with Gasteiger partial charge in [0.2, 0.25) is 0 Å². The first-order valence-electron chi connectivity index (χ1n) is 8.00. The van der Waals surface area contributed by atoms with Gasteiger partial charge in [-0.2, -0.15) is 5.10 Å². The molecule has 2 aromatic rings. The van der Waals surface area contributed by atoms with Crippen LogP contribution in [-0.4, -0.2) is 21.7 Å². The molecule has 2 heterocycles. The molecule has 0 bridgehead atoms. The average Bonchev–Trinajstić information content (AvgIpc) is 3.19. The molecule has 21 heavy (non-hydrogen) atoms. The number of furan rings is 1. The van der Waals surface area contributed by atoms with Gasteiger partial charge in [0.1, 0.15) is 5.76 Å². The summed E-state index contributed by atoms with van der Waals surface area (Å²) in [5.74, 6) is 1.01. The summed E-state index contributed by atoms with van der Waals surface area (Å²) in [6.45, 7) is 3.07. The Morgan fingerprint density at radius 2 is 2.19 bits per heavy atom. The number of hydrogen-bond acceptors (Lipinski definition) is 3. The third-order valence-electron chi connectivity index (χ3n) is 4.65. The van der Waals surface area contributed by atoms with Crippen molar-refractivity contribution in [3.63, 3.8) is 0 Å². The Balaban J connectivity index is 1.61. The fourth-order valence-corrected chi connectivity index (χ4v) is 3.18. The largest absolute Gasteiger partial charge is 0.468 e. The van der Waals surface area contributed by atoms with E-state index in [9.17, 15) is 0 Å². The van der Waals surface area contributed by atoms with Crippen molar-refractivity contribution in [1.82, 2.24) is 14.7 Å². The van der Waals surface area contributed by atoms with E-state index >= 15 is 0 Å². The van der Waals surface area contributed by atoms with Crippen molar-refractivity contribution < 1.29 is 4.42 Å². The first-order valence-corrected chi connectivity index (χ1v) is 8.00. The summed E-state index contributed by atoms with van der Waals surface area (Å²) < 4.78 is 7.67. The minimum atomic E-state index is 0.276. The summed E-state index contributed by atoms with van der Waals surface area (Å²) in [6.07, 6.45) is 12.6. The van der Waals surface area contributed by atoms with Gasteiger partial charge in [-0.3, -0.25) is 9.58 Å². The van der Waals surface area contributed by atoms with Crippen molar-refractivity contribution in [1.29, 1.82) is 0 Å². The van der Waals surface area contributed by atoms with Crippen LogP contribution in [0.1, 0.15) is 62.4 Å². The molecule has 3 rings (SSSR count). The summed E-state index contributed by atoms with van der Waals surface area (Å²) in [6, 6.07) is 4.87. The fraction of sp³-hybridized carbons (Fsp3) is 0.588. The molecule has 0 N–H and O–H groups in total. The standard InChI is InChI=1S/C17H25N3O/c1-14(17-9-6-10-21-17)19(2)12-15-11-18-20(13-15)16-7-4-3-5-8-16/h6,9-11,13-14,16H,3-5,7-8,12H2,1-2H3. The molecule has 1 fully saturated rings. The second-order valence-electron chi connectivity index (χ2n) is 6.23. The van der Waals surface area contributed by atoms with Crippen LogP contribution in [0.2, 0.25) is 0 Å². The van der Waals surface area contributed by atoms with Crippen molar-refractivity contribution in [3.05, 3.63) is 42.1 Å². The van der Waals surface area contributed by atoms with E-state index in [1.807, 2.05) is 18.3 Å². The Morgan fingerprint density at radius 3 is 2.90 bits per heavy atom. The van der Waals surface area contributed by atoms with E-state index in [1.54, 1.807) is 6.26 Å². The van der Waals surface area contributed by atoms with E-state index in [2.05, 4.69) is 34.8 Å². The predicted molar refractivity (Wildman–Crippen MR) is 82.9 cm³/mol. The number of nitrogens with zero attached hydrogens (tertiary/aromatic N) is 3. The molecule has 1 atom stereocenters. The molecule has 0 saturated heterocycles. The summed E-state index contributed by atoms with van der Waals surface area (Å²) in [4.78, 5) is 2.29. The summed E-state index contributed by atoms with van der Waals surface area (Å²) in [5.41, 5.74) is 1.28. The van der Waals surface area contributed by atoms with E-state index in [1.165, 1.54) is 37.7 Å². The molecule has 0 spiro atoms. The molecule has 0 radical (unpaired) electrons. The second-order valence-corrected chi connectivity index (χ2v) is 6.23. The monoisotopic (exact) mass is 287 g/mol. The maximum Gasteiger partial charge on any atom is 0.120 e. The summed E-state index contributed by atoms with van der Waals surface area (Å²) in [7, 11) is 2.13. The Kier molecular flexibility index (Phi) is 4.44. The molecule has 4 heteroatoms. The minimum absolute atomic E-state index is 0.276. The molecule has 4 nitrogen and oxygen atoms in total. The van der Waals surface area contributed by atoms with E-state index in [4.69, 9.17) is 4.42 Å². The lowest BCUT2D eigenvalue weighted by molar-refractivity contribution is 0.223. The second kappa shape index (κ2) is 6.48. The topological polar surface area (TPSA) is 34.2 Å². The fourth-order valence-electron chi connectivity index (χ4n) is 3.18. The highest BCUT2D eigenvalue weighted by Gasteiger charge is 2.18. The van der Waals surface area contributed by atoms with Crippen molar-refractivity contribution in [2.24, 2.45) is 0 Å². The molecule has 1 saturated carbocycles. The minimum Gasteiger partial charge on any atom is -0.468 e. The molecule has 0 aliphatic heterocycles. The lowest BCUT2D eigenvalue weighted by atomic mass is 9.96. The van der Waals surface area contributed by atoms with Crippen LogP contribution in [0.5, 0.6) is 0 Å². The molecule has 2 aromatic heterocycles. The van der Waals surface area contributed by atoms with Crippen molar-refractivity contribution >= 4 is 0 Å². The number of aromatic nitrogens is 2. The number of rotatable bonds is 5. The highest BCUT2D eigenvalue weighted by Crippen LogP contribution is 2.28. The summed E-state index contributed by atoms with van der Waals surface area (Å²) >= 11 is 0. The van der Waals surface area contributed by atoms with Crippen LogP contribution >= 0.6 is 0 Å². The van der Waals surface area contributed by atoms with Crippen LogP contribution in [-0.2, 0) is 6.54 Å². The first kappa shape index (κ1) is 14.4. The maximum atomic E-state index is 5.49. The van der Waals surface area contributed by atoms with E-state index in [0.717, 1.165) is 12.3 Å². The van der Waals surface area contributed by atoms with Crippen molar-refractivity contribution in [2.75, 3.05) is 7.05 Å². The van der Waals surface area contributed by atoms with Gasteiger partial charge in [-0.05, 0) is 38.9 Å². The zero-order valence-corrected chi connectivity index (χ0v) is 13.0. The Morgan fingerprint density at radius 1 is 1.38 bits per heavy atom. The lowest BCUT2D eigenvalue weighted by Crippen LogP contribution is -2.21. The highest BCUT2D eigenvalue weighted by atomic mass is 16.3. The Hall–Kier alpha value is -1.55. The quantitative estimate of drug-likeness (QED) is 0.827.